The van der Waals surface area contributed by atoms with Gasteiger partial charge in [-0.3, -0.25) is 0 Å². The Hall–Kier alpha value is -0.0431. The fourth-order valence-corrected chi connectivity index (χ4v) is 8.62. The van der Waals surface area contributed by atoms with E-state index in [2.05, 4.69) is 25.7 Å². The number of hydrogen-bond acceptors (Lipinski definition) is 0. The third kappa shape index (κ3) is 2.44. The largest absolute Gasteiger partial charge is 0.103 e. The van der Waals surface area contributed by atoms with Crippen LogP contribution in [0.2, 0.25) is 24.2 Å². The van der Waals surface area contributed by atoms with Crippen LogP contribution in [0.15, 0.2) is 12.7 Å². The molecule has 0 amide bonds. The molecular formula is C15H28Si. The van der Waals surface area contributed by atoms with Gasteiger partial charge in [0, 0.05) is 0 Å². The van der Waals surface area contributed by atoms with Crippen LogP contribution >= 0.6 is 0 Å². The number of hydrogen-bond donors (Lipinski definition) is 0. The summed E-state index contributed by atoms with van der Waals surface area (Å²) in [6.45, 7) is 9.27. The molecule has 0 nitrogen and oxygen atoms in total. The zero-order valence-corrected chi connectivity index (χ0v) is 12.2. The highest BCUT2D eigenvalue weighted by atomic mass is 28.3. The summed E-state index contributed by atoms with van der Waals surface area (Å²) >= 11 is 0. The van der Waals surface area contributed by atoms with Crippen LogP contribution in [0.5, 0.6) is 0 Å². The molecule has 0 bridgehead atoms. The average Bonchev–Trinajstić information content (AvgIpc) is 2.88. The molecule has 92 valence electrons. The standard InChI is InChI=1S/C15H28Si/c1-4-7-13-10-11-15(12-13)16(2,3)14-8-5-6-9-14/h4,13-15H,1,5-12H2,2-3H3. The molecule has 0 aliphatic heterocycles. The molecule has 2 aliphatic rings. The lowest BCUT2D eigenvalue weighted by Gasteiger charge is -2.36. The van der Waals surface area contributed by atoms with Gasteiger partial charge in [0.05, 0.1) is 8.07 Å². The highest BCUT2D eigenvalue weighted by molar-refractivity contribution is 6.80. The van der Waals surface area contributed by atoms with E-state index in [0.717, 1.165) is 17.0 Å². The first-order valence-electron chi connectivity index (χ1n) is 7.25. The van der Waals surface area contributed by atoms with Gasteiger partial charge in [0.2, 0.25) is 0 Å². The third-order valence-corrected chi connectivity index (χ3v) is 10.8. The van der Waals surface area contributed by atoms with Crippen molar-refractivity contribution >= 4 is 8.07 Å². The van der Waals surface area contributed by atoms with Crippen molar-refractivity contribution in [2.45, 2.75) is 75.5 Å². The van der Waals surface area contributed by atoms with Crippen molar-refractivity contribution in [2.24, 2.45) is 5.92 Å². The van der Waals surface area contributed by atoms with Crippen LogP contribution in [0.25, 0.3) is 0 Å². The Morgan fingerprint density at radius 3 is 2.38 bits per heavy atom. The van der Waals surface area contributed by atoms with Gasteiger partial charge in [-0.1, -0.05) is 57.7 Å². The summed E-state index contributed by atoms with van der Waals surface area (Å²) in [5.41, 5.74) is 2.28. The zero-order chi connectivity index (χ0) is 11.6. The Morgan fingerprint density at radius 1 is 1.06 bits per heavy atom. The van der Waals surface area contributed by atoms with Gasteiger partial charge < -0.3 is 0 Å². The van der Waals surface area contributed by atoms with Crippen LogP contribution in [0, 0.1) is 5.92 Å². The molecule has 16 heavy (non-hydrogen) atoms. The summed E-state index contributed by atoms with van der Waals surface area (Å²) in [6.07, 6.45) is 14.1. The average molecular weight is 236 g/mol. The van der Waals surface area contributed by atoms with Crippen molar-refractivity contribution < 1.29 is 0 Å². The van der Waals surface area contributed by atoms with Crippen LogP contribution < -0.4 is 0 Å². The maximum absolute atomic E-state index is 3.90. The first-order chi connectivity index (χ1) is 7.64. The number of allylic oxidation sites excluding steroid dienone is 1. The second kappa shape index (κ2) is 5.08. The van der Waals surface area contributed by atoms with Gasteiger partial charge in [-0.25, -0.2) is 0 Å². The minimum Gasteiger partial charge on any atom is -0.103 e. The van der Waals surface area contributed by atoms with Crippen molar-refractivity contribution in [1.82, 2.24) is 0 Å². The van der Waals surface area contributed by atoms with E-state index in [4.69, 9.17) is 0 Å². The van der Waals surface area contributed by atoms with Crippen LogP contribution in [-0.4, -0.2) is 8.07 Å². The van der Waals surface area contributed by atoms with Gasteiger partial charge in [-0.05, 0) is 29.8 Å². The topological polar surface area (TPSA) is 0 Å². The first-order valence-corrected chi connectivity index (χ1v) is 10.4. The maximum Gasteiger partial charge on any atom is 0.0536 e. The van der Waals surface area contributed by atoms with E-state index in [-0.39, 0.29) is 0 Å². The molecule has 0 aromatic heterocycles. The van der Waals surface area contributed by atoms with Crippen LogP contribution in [0.4, 0.5) is 0 Å². The molecule has 2 rings (SSSR count). The molecule has 0 radical (unpaired) electrons. The summed E-state index contributed by atoms with van der Waals surface area (Å²) in [7, 11) is -0.942. The predicted octanol–water partition coefficient (Wildman–Crippen LogP) is 5.39. The highest BCUT2D eigenvalue weighted by Gasteiger charge is 2.42. The molecular weight excluding hydrogens is 208 g/mol. The van der Waals surface area contributed by atoms with E-state index in [1.165, 1.54) is 38.5 Å². The second-order valence-corrected chi connectivity index (χ2v) is 12.0. The molecule has 0 spiro atoms. The van der Waals surface area contributed by atoms with Crippen molar-refractivity contribution in [1.29, 1.82) is 0 Å². The normalized spacial score (nSPS) is 32.1. The van der Waals surface area contributed by atoms with Crippen LogP contribution in [0.1, 0.15) is 51.4 Å². The summed E-state index contributed by atoms with van der Waals surface area (Å²) in [6, 6.07) is 0. The van der Waals surface area contributed by atoms with Gasteiger partial charge in [0.1, 0.15) is 0 Å². The summed E-state index contributed by atoms with van der Waals surface area (Å²) in [5, 5.41) is 0. The number of rotatable bonds is 4. The molecule has 0 aromatic rings. The maximum atomic E-state index is 3.90. The van der Waals surface area contributed by atoms with E-state index in [0.29, 0.717) is 0 Å². The molecule has 2 unspecified atom stereocenters. The first kappa shape index (κ1) is 12.4. The van der Waals surface area contributed by atoms with Gasteiger partial charge in [0.15, 0.2) is 0 Å². The van der Waals surface area contributed by atoms with Gasteiger partial charge in [-0.15, -0.1) is 6.58 Å². The SMILES string of the molecule is C=CCC1CCC([Si](C)(C)C2CCCC2)C1. The molecule has 2 fully saturated rings. The molecule has 0 N–H and O–H groups in total. The van der Waals surface area contributed by atoms with E-state index >= 15 is 0 Å². The molecule has 2 atom stereocenters. The quantitative estimate of drug-likeness (QED) is 0.454. The Morgan fingerprint density at radius 2 is 1.75 bits per heavy atom. The fraction of sp³-hybridized carbons (Fsp3) is 0.867. The van der Waals surface area contributed by atoms with E-state index < -0.39 is 8.07 Å². The minimum absolute atomic E-state index is 0.942. The van der Waals surface area contributed by atoms with E-state index in [1.54, 1.807) is 12.8 Å². The lowest BCUT2D eigenvalue weighted by molar-refractivity contribution is 0.555. The molecule has 0 heterocycles. The predicted molar refractivity (Wildman–Crippen MR) is 75.6 cm³/mol. The molecule has 0 saturated heterocycles. The summed E-state index contributed by atoms with van der Waals surface area (Å²) in [5.74, 6) is 0.982. The fourth-order valence-electron chi connectivity index (χ4n) is 4.20. The van der Waals surface area contributed by atoms with Gasteiger partial charge >= 0.3 is 0 Å². The smallest absolute Gasteiger partial charge is 0.0536 e. The van der Waals surface area contributed by atoms with Crippen molar-refractivity contribution in [3.05, 3.63) is 12.7 Å². The zero-order valence-electron chi connectivity index (χ0n) is 11.2. The Labute approximate surface area is 103 Å². The van der Waals surface area contributed by atoms with Crippen LogP contribution in [0.3, 0.4) is 0 Å². The molecule has 2 saturated carbocycles. The Balaban J connectivity index is 1.93. The van der Waals surface area contributed by atoms with E-state index in [1.807, 2.05) is 0 Å². The van der Waals surface area contributed by atoms with Crippen molar-refractivity contribution in [2.75, 3.05) is 0 Å². The van der Waals surface area contributed by atoms with Crippen LogP contribution in [-0.2, 0) is 0 Å². The summed E-state index contributed by atoms with van der Waals surface area (Å²) in [4.78, 5) is 0. The van der Waals surface area contributed by atoms with Crippen molar-refractivity contribution in [3.63, 3.8) is 0 Å². The molecule has 2 aliphatic carbocycles. The molecule has 0 aromatic carbocycles. The van der Waals surface area contributed by atoms with Crippen molar-refractivity contribution in [3.8, 4) is 0 Å². The van der Waals surface area contributed by atoms with Gasteiger partial charge in [-0.2, -0.15) is 0 Å². The second-order valence-electron chi connectivity index (χ2n) is 6.70. The lowest BCUT2D eigenvalue weighted by Crippen LogP contribution is -2.36. The van der Waals surface area contributed by atoms with E-state index in [9.17, 15) is 0 Å². The molecule has 1 heteroatoms. The lowest BCUT2D eigenvalue weighted by atomic mass is 10.1. The summed E-state index contributed by atoms with van der Waals surface area (Å²) < 4.78 is 0. The highest BCUT2D eigenvalue weighted by Crippen LogP contribution is 2.51. The minimum atomic E-state index is -0.942. The third-order valence-electron chi connectivity index (χ3n) is 5.50. The van der Waals surface area contributed by atoms with Gasteiger partial charge in [0.25, 0.3) is 0 Å². The monoisotopic (exact) mass is 236 g/mol. The Bertz CT molecular complexity index is 238. The Kier molecular flexibility index (Phi) is 3.94.